The Labute approximate surface area is 118 Å². The van der Waals surface area contributed by atoms with Crippen LogP contribution in [0.5, 0.6) is 0 Å². The second kappa shape index (κ2) is 4.73. The Hall–Kier alpha value is -1.08. The molecule has 0 amide bonds. The van der Waals surface area contributed by atoms with E-state index in [1.54, 1.807) is 6.20 Å². The number of alkyl halides is 3. The largest absolute Gasteiger partial charge is 0.391 e. The van der Waals surface area contributed by atoms with E-state index in [2.05, 4.69) is 4.98 Å². The van der Waals surface area contributed by atoms with Gasteiger partial charge in [0.1, 0.15) is 0 Å². The number of aromatic nitrogens is 2. The lowest BCUT2D eigenvalue weighted by Crippen LogP contribution is -2.42. The van der Waals surface area contributed by atoms with Crippen LogP contribution < -0.4 is 0 Å². The summed E-state index contributed by atoms with van der Waals surface area (Å²) in [6.07, 6.45) is 0.303. The van der Waals surface area contributed by atoms with E-state index in [1.165, 1.54) is 11.3 Å². The van der Waals surface area contributed by atoms with Crippen LogP contribution in [0.15, 0.2) is 17.8 Å². The number of fused-ring (bicyclic) bond motifs is 1. The van der Waals surface area contributed by atoms with E-state index in [0.717, 1.165) is 4.96 Å². The molecule has 0 spiro atoms. The van der Waals surface area contributed by atoms with Crippen LogP contribution in [-0.2, 0) is 6.42 Å². The van der Waals surface area contributed by atoms with Crippen LogP contribution >= 0.6 is 11.3 Å². The molecule has 2 aromatic heterocycles. The molecule has 1 N–H and O–H groups in total. The summed E-state index contributed by atoms with van der Waals surface area (Å²) >= 11 is 1.46. The third kappa shape index (κ3) is 2.69. The van der Waals surface area contributed by atoms with Crippen LogP contribution in [0, 0.1) is 5.92 Å². The topological polar surface area (TPSA) is 37.5 Å². The molecule has 7 heteroatoms. The molecule has 3 rings (SSSR count). The number of imidazole rings is 1. The fourth-order valence-corrected chi connectivity index (χ4v) is 3.70. The predicted molar refractivity (Wildman–Crippen MR) is 69.7 cm³/mol. The molecule has 2 unspecified atom stereocenters. The molecule has 1 aliphatic rings. The average molecular weight is 304 g/mol. The zero-order chi connectivity index (χ0) is 14.4. The Bertz CT molecular complexity index is 578. The molecule has 0 aromatic carbocycles. The van der Waals surface area contributed by atoms with Gasteiger partial charge >= 0.3 is 6.18 Å². The summed E-state index contributed by atoms with van der Waals surface area (Å²) in [5, 5.41) is 12.4. The number of aliphatic hydroxyl groups is 1. The van der Waals surface area contributed by atoms with Gasteiger partial charge in [0.2, 0.25) is 0 Å². The van der Waals surface area contributed by atoms with E-state index in [9.17, 15) is 18.3 Å². The van der Waals surface area contributed by atoms with Gasteiger partial charge in [-0.25, -0.2) is 4.98 Å². The van der Waals surface area contributed by atoms with Crippen molar-refractivity contribution >= 4 is 16.3 Å². The average Bonchev–Trinajstić information content (AvgIpc) is 2.87. The van der Waals surface area contributed by atoms with E-state index in [4.69, 9.17) is 0 Å². The molecular weight excluding hydrogens is 289 g/mol. The second-order valence-corrected chi connectivity index (χ2v) is 6.43. The summed E-state index contributed by atoms with van der Waals surface area (Å²) in [6, 6.07) is 0. The molecule has 0 radical (unpaired) electrons. The minimum atomic E-state index is -4.22. The van der Waals surface area contributed by atoms with Gasteiger partial charge in [0.15, 0.2) is 4.96 Å². The van der Waals surface area contributed by atoms with Gasteiger partial charge in [-0.3, -0.25) is 4.40 Å². The van der Waals surface area contributed by atoms with Crippen LogP contribution in [-0.4, -0.2) is 26.3 Å². The molecular formula is C13H15F3N2OS. The highest BCUT2D eigenvalue weighted by atomic mass is 32.1. The van der Waals surface area contributed by atoms with E-state index in [-0.39, 0.29) is 19.3 Å². The van der Waals surface area contributed by atoms with Crippen molar-refractivity contribution in [2.75, 3.05) is 0 Å². The van der Waals surface area contributed by atoms with Crippen molar-refractivity contribution in [2.45, 2.75) is 43.9 Å². The summed E-state index contributed by atoms with van der Waals surface area (Å²) in [4.78, 5) is 5.14. The summed E-state index contributed by atoms with van der Waals surface area (Å²) in [5.74, 6) is -1.40. The molecule has 1 saturated carbocycles. The predicted octanol–water partition coefficient (Wildman–Crippen LogP) is 3.42. The minimum absolute atomic E-state index is 0.115. The first kappa shape index (κ1) is 13.9. The highest BCUT2D eigenvalue weighted by Gasteiger charge is 2.47. The van der Waals surface area contributed by atoms with Crippen LogP contribution in [0.1, 0.15) is 31.4 Å². The lowest BCUT2D eigenvalue weighted by molar-refractivity contribution is -0.200. The normalized spacial score (nSPS) is 28.1. The first-order valence-corrected chi connectivity index (χ1v) is 7.44. The molecule has 110 valence electrons. The number of hydrogen-bond acceptors (Lipinski definition) is 3. The Kier molecular flexibility index (Phi) is 3.29. The van der Waals surface area contributed by atoms with E-state index in [1.807, 2.05) is 16.0 Å². The fourth-order valence-electron chi connectivity index (χ4n) is 2.98. The SMILES string of the molecule is OC1(Cc2cn3ccsc3n2)CCCC(C(F)(F)F)C1. The third-order valence-corrected chi connectivity index (χ3v) is 4.71. The molecule has 2 aromatic rings. The van der Waals surface area contributed by atoms with Gasteiger partial charge in [0.05, 0.1) is 17.2 Å². The van der Waals surface area contributed by atoms with Crippen molar-refractivity contribution < 1.29 is 18.3 Å². The van der Waals surface area contributed by atoms with Gasteiger partial charge in [-0.15, -0.1) is 11.3 Å². The van der Waals surface area contributed by atoms with Crippen molar-refractivity contribution in [3.8, 4) is 0 Å². The summed E-state index contributed by atoms with van der Waals surface area (Å²) in [7, 11) is 0. The van der Waals surface area contributed by atoms with Crippen molar-refractivity contribution in [1.82, 2.24) is 9.38 Å². The number of hydrogen-bond donors (Lipinski definition) is 1. The molecule has 0 saturated heterocycles. The van der Waals surface area contributed by atoms with Crippen LogP contribution in [0.2, 0.25) is 0 Å². The third-order valence-electron chi connectivity index (χ3n) is 3.94. The number of rotatable bonds is 2. The van der Waals surface area contributed by atoms with Crippen LogP contribution in [0.4, 0.5) is 13.2 Å². The van der Waals surface area contributed by atoms with E-state index < -0.39 is 17.7 Å². The molecule has 0 bridgehead atoms. The van der Waals surface area contributed by atoms with E-state index >= 15 is 0 Å². The quantitative estimate of drug-likeness (QED) is 0.923. The van der Waals surface area contributed by atoms with E-state index in [0.29, 0.717) is 18.5 Å². The van der Waals surface area contributed by atoms with Crippen molar-refractivity contribution in [3.63, 3.8) is 0 Å². The monoisotopic (exact) mass is 304 g/mol. The first-order chi connectivity index (χ1) is 9.36. The van der Waals surface area contributed by atoms with Crippen molar-refractivity contribution in [1.29, 1.82) is 0 Å². The van der Waals surface area contributed by atoms with Crippen LogP contribution in [0.3, 0.4) is 0 Å². The Balaban J connectivity index is 1.76. The summed E-state index contributed by atoms with van der Waals surface area (Å²) in [5.41, 5.74) is -0.634. The van der Waals surface area contributed by atoms with Gasteiger partial charge in [-0.05, 0) is 25.7 Å². The van der Waals surface area contributed by atoms with Gasteiger partial charge in [-0.1, -0.05) is 0 Å². The lowest BCUT2D eigenvalue weighted by atomic mass is 9.75. The highest BCUT2D eigenvalue weighted by Crippen LogP contribution is 2.42. The Morgan fingerprint density at radius 1 is 1.50 bits per heavy atom. The van der Waals surface area contributed by atoms with Gasteiger partial charge in [0.25, 0.3) is 0 Å². The molecule has 0 aliphatic heterocycles. The second-order valence-electron chi connectivity index (χ2n) is 5.56. The first-order valence-electron chi connectivity index (χ1n) is 6.56. The standard InChI is InChI=1S/C13H15F3N2OS/c14-13(15,16)9-2-1-3-12(19,6-9)7-10-8-18-4-5-20-11(18)17-10/h4-5,8-9,19H,1-3,6-7H2. The van der Waals surface area contributed by atoms with Crippen molar-refractivity contribution in [3.05, 3.63) is 23.5 Å². The molecule has 1 aliphatic carbocycles. The maximum Gasteiger partial charge on any atom is 0.391 e. The van der Waals surface area contributed by atoms with Crippen LogP contribution in [0.25, 0.3) is 4.96 Å². The number of thiazole rings is 1. The van der Waals surface area contributed by atoms with Gasteiger partial charge in [-0.2, -0.15) is 13.2 Å². The van der Waals surface area contributed by atoms with Gasteiger partial charge < -0.3 is 5.11 Å². The maximum absolute atomic E-state index is 12.8. The zero-order valence-corrected chi connectivity index (χ0v) is 11.5. The maximum atomic E-state index is 12.8. The fraction of sp³-hybridized carbons (Fsp3) is 0.615. The Morgan fingerprint density at radius 3 is 3.00 bits per heavy atom. The molecule has 2 atom stereocenters. The lowest BCUT2D eigenvalue weighted by Gasteiger charge is -2.37. The van der Waals surface area contributed by atoms with Crippen molar-refractivity contribution in [2.24, 2.45) is 5.92 Å². The molecule has 20 heavy (non-hydrogen) atoms. The number of halogens is 3. The number of nitrogens with zero attached hydrogens (tertiary/aromatic N) is 2. The minimum Gasteiger partial charge on any atom is -0.389 e. The highest BCUT2D eigenvalue weighted by molar-refractivity contribution is 7.15. The molecule has 3 nitrogen and oxygen atoms in total. The zero-order valence-electron chi connectivity index (χ0n) is 10.7. The smallest absolute Gasteiger partial charge is 0.389 e. The molecule has 1 fully saturated rings. The van der Waals surface area contributed by atoms with Gasteiger partial charge in [0, 0.05) is 24.2 Å². The Morgan fingerprint density at radius 2 is 2.30 bits per heavy atom. The summed E-state index contributed by atoms with van der Waals surface area (Å²) < 4.78 is 40.3. The molecule has 2 heterocycles. The summed E-state index contributed by atoms with van der Waals surface area (Å²) in [6.45, 7) is 0.